The SMILES string of the molecule is CC1Oc2ccc(Cl)cc2N(CC#N)C1=O. The number of nitrogens with zero attached hydrogens (tertiary/aromatic N) is 2. The fourth-order valence-corrected chi connectivity index (χ4v) is 1.78. The Hall–Kier alpha value is -1.73. The van der Waals surface area contributed by atoms with E-state index in [1.807, 2.05) is 6.07 Å². The molecule has 1 aromatic rings. The third-order valence-electron chi connectivity index (χ3n) is 2.36. The standard InChI is InChI=1S/C11H9ClN2O2/c1-7-11(15)14(5-4-13)9-6-8(12)2-3-10(9)16-7/h2-3,6-7H,5H2,1H3. The molecule has 0 aromatic heterocycles. The fraction of sp³-hybridized carbons (Fsp3) is 0.273. The third kappa shape index (κ3) is 1.70. The van der Waals surface area contributed by atoms with Gasteiger partial charge in [-0.2, -0.15) is 5.26 Å². The summed E-state index contributed by atoms with van der Waals surface area (Å²) in [6.45, 7) is 1.66. The zero-order valence-electron chi connectivity index (χ0n) is 8.61. The molecule has 1 unspecified atom stereocenters. The smallest absolute Gasteiger partial charge is 0.268 e. The highest BCUT2D eigenvalue weighted by molar-refractivity contribution is 6.31. The van der Waals surface area contributed by atoms with Gasteiger partial charge in [-0.25, -0.2) is 0 Å². The van der Waals surface area contributed by atoms with E-state index < -0.39 is 6.10 Å². The van der Waals surface area contributed by atoms with Crippen molar-refractivity contribution >= 4 is 23.2 Å². The lowest BCUT2D eigenvalue weighted by molar-refractivity contribution is -0.125. The van der Waals surface area contributed by atoms with E-state index in [4.69, 9.17) is 21.6 Å². The van der Waals surface area contributed by atoms with Gasteiger partial charge < -0.3 is 4.74 Å². The molecule has 0 saturated carbocycles. The predicted octanol–water partition coefficient (Wildman–Crippen LogP) is 1.98. The number of benzene rings is 1. The molecule has 0 fully saturated rings. The van der Waals surface area contributed by atoms with Crippen LogP contribution in [0.1, 0.15) is 6.92 Å². The molecule has 1 atom stereocenters. The molecule has 82 valence electrons. The van der Waals surface area contributed by atoms with Gasteiger partial charge in [-0.1, -0.05) is 11.6 Å². The van der Waals surface area contributed by atoms with Crippen molar-refractivity contribution in [1.82, 2.24) is 0 Å². The maximum absolute atomic E-state index is 11.8. The van der Waals surface area contributed by atoms with E-state index in [1.165, 1.54) is 4.90 Å². The molecule has 4 nitrogen and oxygen atoms in total. The van der Waals surface area contributed by atoms with Crippen LogP contribution in [0.15, 0.2) is 18.2 Å². The molecule has 1 heterocycles. The van der Waals surface area contributed by atoms with E-state index in [0.717, 1.165) is 0 Å². The molecule has 0 N–H and O–H groups in total. The summed E-state index contributed by atoms with van der Waals surface area (Å²) in [6, 6.07) is 6.97. The van der Waals surface area contributed by atoms with Gasteiger partial charge in [-0.15, -0.1) is 0 Å². The molecular formula is C11H9ClN2O2. The Morgan fingerprint density at radius 3 is 3.06 bits per heavy atom. The Labute approximate surface area is 98.0 Å². The van der Waals surface area contributed by atoms with Crippen LogP contribution in [-0.4, -0.2) is 18.6 Å². The summed E-state index contributed by atoms with van der Waals surface area (Å²) >= 11 is 5.85. The summed E-state index contributed by atoms with van der Waals surface area (Å²) in [5, 5.41) is 9.21. The maximum Gasteiger partial charge on any atom is 0.268 e. The molecule has 0 aliphatic carbocycles. The first kappa shape index (κ1) is 10.8. The van der Waals surface area contributed by atoms with Crippen LogP contribution >= 0.6 is 11.6 Å². The number of fused-ring (bicyclic) bond motifs is 1. The molecule has 5 heteroatoms. The summed E-state index contributed by atoms with van der Waals surface area (Å²) in [6.07, 6.45) is -0.568. The van der Waals surface area contributed by atoms with Crippen LogP contribution in [0.2, 0.25) is 5.02 Å². The average molecular weight is 237 g/mol. The summed E-state index contributed by atoms with van der Waals surface area (Å²) in [4.78, 5) is 13.2. The van der Waals surface area contributed by atoms with Crippen molar-refractivity contribution in [3.05, 3.63) is 23.2 Å². The summed E-state index contributed by atoms with van der Waals surface area (Å²) < 4.78 is 5.42. The van der Waals surface area contributed by atoms with E-state index in [-0.39, 0.29) is 12.5 Å². The van der Waals surface area contributed by atoms with Gasteiger partial charge in [-0.3, -0.25) is 9.69 Å². The molecule has 1 aliphatic heterocycles. The number of anilines is 1. The Morgan fingerprint density at radius 2 is 2.38 bits per heavy atom. The molecule has 2 rings (SSSR count). The normalized spacial score (nSPS) is 18.7. The first-order valence-corrected chi connectivity index (χ1v) is 5.16. The molecule has 1 aromatic carbocycles. The number of carbonyl (C=O) groups excluding carboxylic acids is 1. The first-order chi connectivity index (χ1) is 7.63. The van der Waals surface area contributed by atoms with E-state index in [1.54, 1.807) is 25.1 Å². The molecule has 0 saturated heterocycles. The number of halogens is 1. The monoisotopic (exact) mass is 236 g/mol. The summed E-state index contributed by atoms with van der Waals surface area (Å²) in [5.41, 5.74) is 0.553. The zero-order valence-corrected chi connectivity index (χ0v) is 9.36. The second-order valence-electron chi connectivity index (χ2n) is 3.45. The van der Waals surface area contributed by atoms with Crippen molar-refractivity contribution in [1.29, 1.82) is 5.26 Å². The average Bonchev–Trinajstić information content (AvgIpc) is 2.26. The number of rotatable bonds is 1. The van der Waals surface area contributed by atoms with Gasteiger partial charge in [-0.05, 0) is 25.1 Å². The van der Waals surface area contributed by atoms with Gasteiger partial charge in [0.05, 0.1) is 11.8 Å². The van der Waals surface area contributed by atoms with E-state index in [9.17, 15) is 4.79 Å². The van der Waals surface area contributed by atoms with Crippen molar-refractivity contribution < 1.29 is 9.53 Å². The van der Waals surface area contributed by atoms with Gasteiger partial charge in [0.1, 0.15) is 12.3 Å². The molecular weight excluding hydrogens is 228 g/mol. The molecule has 16 heavy (non-hydrogen) atoms. The highest BCUT2D eigenvalue weighted by Crippen LogP contribution is 2.35. The predicted molar refractivity (Wildman–Crippen MR) is 59.5 cm³/mol. The number of hydrogen-bond donors (Lipinski definition) is 0. The minimum atomic E-state index is -0.568. The lowest BCUT2D eigenvalue weighted by Gasteiger charge is -2.31. The van der Waals surface area contributed by atoms with Gasteiger partial charge in [0.15, 0.2) is 6.10 Å². The fourth-order valence-electron chi connectivity index (χ4n) is 1.61. The summed E-state index contributed by atoms with van der Waals surface area (Å²) in [7, 11) is 0. The molecule has 1 amide bonds. The van der Waals surface area contributed by atoms with Crippen molar-refractivity contribution in [3.8, 4) is 11.8 Å². The van der Waals surface area contributed by atoms with E-state index in [0.29, 0.717) is 16.5 Å². The number of hydrogen-bond acceptors (Lipinski definition) is 3. The number of carbonyl (C=O) groups is 1. The molecule has 1 aliphatic rings. The van der Waals surface area contributed by atoms with Crippen LogP contribution in [0.3, 0.4) is 0 Å². The first-order valence-electron chi connectivity index (χ1n) is 4.78. The number of amides is 1. The minimum absolute atomic E-state index is 0.000123. The van der Waals surface area contributed by atoms with Crippen molar-refractivity contribution in [2.45, 2.75) is 13.0 Å². The van der Waals surface area contributed by atoms with Crippen LogP contribution in [0.4, 0.5) is 5.69 Å². The van der Waals surface area contributed by atoms with Gasteiger partial charge in [0, 0.05) is 5.02 Å². The summed E-state index contributed by atoms with van der Waals surface area (Å²) in [5.74, 6) is 0.350. The third-order valence-corrected chi connectivity index (χ3v) is 2.59. The van der Waals surface area contributed by atoms with Crippen molar-refractivity contribution in [2.75, 3.05) is 11.4 Å². The van der Waals surface area contributed by atoms with Gasteiger partial charge in [0.25, 0.3) is 5.91 Å². The maximum atomic E-state index is 11.8. The minimum Gasteiger partial charge on any atom is -0.479 e. The van der Waals surface area contributed by atoms with Gasteiger partial charge in [0.2, 0.25) is 0 Å². The molecule has 0 bridgehead atoms. The van der Waals surface area contributed by atoms with E-state index in [2.05, 4.69) is 0 Å². The van der Waals surface area contributed by atoms with Crippen molar-refractivity contribution in [3.63, 3.8) is 0 Å². The van der Waals surface area contributed by atoms with Gasteiger partial charge >= 0.3 is 0 Å². The van der Waals surface area contributed by atoms with Crippen LogP contribution in [-0.2, 0) is 4.79 Å². The quantitative estimate of drug-likeness (QED) is 0.701. The van der Waals surface area contributed by atoms with Crippen LogP contribution in [0, 0.1) is 11.3 Å². The Morgan fingerprint density at radius 1 is 1.62 bits per heavy atom. The second kappa shape index (κ2) is 4.03. The highest BCUT2D eigenvalue weighted by atomic mass is 35.5. The Bertz CT molecular complexity index is 481. The van der Waals surface area contributed by atoms with Crippen LogP contribution in [0.5, 0.6) is 5.75 Å². The van der Waals surface area contributed by atoms with Crippen LogP contribution in [0.25, 0.3) is 0 Å². The lowest BCUT2D eigenvalue weighted by Crippen LogP contribution is -2.44. The molecule has 0 spiro atoms. The largest absolute Gasteiger partial charge is 0.479 e. The molecule has 0 radical (unpaired) electrons. The van der Waals surface area contributed by atoms with Crippen LogP contribution < -0.4 is 9.64 Å². The topological polar surface area (TPSA) is 53.3 Å². The zero-order chi connectivity index (χ0) is 11.7. The lowest BCUT2D eigenvalue weighted by atomic mass is 10.2. The van der Waals surface area contributed by atoms with E-state index >= 15 is 0 Å². The second-order valence-corrected chi connectivity index (χ2v) is 3.89. The number of ether oxygens (including phenoxy) is 1. The Kier molecular flexibility index (Phi) is 2.71. The number of nitriles is 1. The Balaban J connectivity index is 2.50. The van der Waals surface area contributed by atoms with Crippen molar-refractivity contribution in [2.24, 2.45) is 0 Å². The highest BCUT2D eigenvalue weighted by Gasteiger charge is 2.31.